The molecule has 1 aromatic carbocycles. The van der Waals surface area contributed by atoms with Gasteiger partial charge in [0, 0.05) is 56.4 Å². The molecule has 2 heterocycles. The van der Waals surface area contributed by atoms with Crippen molar-refractivity contribution < 1.29 is 27.8 Å². The SMILES string of the molecule is C[C@@H]1CN(C(=O)C(N)=C2CCCC2=NCC(=O)N2CCC(Oc3cc(F)ccc3F)CC2)C[C@H](C)O1. The van der Waals surface area contributed by atoms with E-state index in [0.29, 0.717) is 51.9 Å². The van der Waals surface area contributed by atoms with E-state index >= 15 is 0 Å². The molecular formula is C26H34F2N4O4. The first-order valence-electron chi connectivity index (χ1n) is 12.6. The van der Waals surface area contributed by atoms with E-state index in [1.807, 2.05) is 13.8 Å². The molecule has 8 nitrogen and oxygen atoms in total. The second-order valence-electron chi connectivity index (χ2n) is 9.75. The standard InChI is InChI=1S/C26H34F2N4O4/c1-16-14-32(15-17(2)35-16)26(34)25(29)20-4-3-5-22(20)30-13-24(33)31-10-8-19(9-11-31)36-23-12-18(27)6-7-21(23)28/h6-7,12,16-17,19H,3-5,8-11,13-15,29H2,1-2H3/t16-,17+. The van der Waals surface area contributed by atoms with Crippen molar-refractivity contribution in [3.8, 4) is 5.75 Å². The van der Waals surface area contributed by atoms with Crippen LogP contribution in [-0.2, 0) is 14.3 Å². The van der Waals surface area contributed by atoms with Gasteiger partial charge in [0.15, 0.2) is 11.6 Å². The lowest BCUT2D eigenvalue weighted by molar-refractivity contribution is -0.139. The number of likely N-dealkylation sites (tertiary alicyclic amines) is 1. The maximum atomic E-state index is 13.8. The number of hydrogen-bond donors (Lipinski definition) is 1. The lowest BCUT2D eigenvalue weighted by atomic mass is 10.1. The number of carbonyl (C=O) groups is 2. The summed E-state index contributed by atoms with van der Waals surface area (Å²) in [6.45, 7) is 5.73. The van der Waals surface area contributed by atoms with Gasteiger partial charge < -0.3 is 25.0 Å². The van der Waals surface area contributed by atoms with Gasteiger partial charge in [-0.3, -0.25) is 14.6 Å². The topological polar surface area (TPSA) is 97.5 Å². The highest BCUT2D eigenvalue weighted by Gasteiger charge is 2.30. The van der Waals surface area contributed by atoms with Gasteiger partial charge in [-0.15, -0.1) is 0 Å². The van der Waals surface area contributed by atoms with E-state index in [2.05, 4.69) is 4.99 Å². The maximum absolute atomic E-state index is 13.8. The molecular weight excluding hydrogens is 470 g/mol. The fourth-order valence-corrected chi connectivity index (χ4v) is 5.07. The van der Waals surface area contributed by atoms with E-state index in [9.17, 15) is 18.4 Å². The highest BCUT2D eigenvalue weighted by Crippen LogP contribution is 2.26. The van der Waals surface area contributed by atoms with E-state index < -0.39 is 11.6 Å². The molecule has 2 atom stereocenters. The Kier molecular flexibility index (Phi) is 8.23. The van der Waals surface area contributed by atoms with E-state index in [-0.39, 0.29) is 48.1 Å². The molecule has 0 spiro atoms. The van der Waals surface area contributed by atoms with Crippen molar-refractivity contribution in [3.63, 3.8) is 0 Å². The molecule has 0 radical (unpaired) electrons. The van der Waals surface area contributed by atoms with Crippen molar-refractivity contribution in [2.75, 3.05) is 32.7 Å². The minimum Gasteiger partial charge on any atom is -0.487 e. The molecule has 10 heteroatoms. The first kappa shape index (κ1) is 26.1. The maximum Gasteiger partial charge on any atom is 0.270 e. The molecule has 1 aromatic rings. The first-order valence-corrected chi connectivity index (χ1v) is 12.6. The zero-order valence-corrected chi connectivity index (χ0v) is 20.8. The number of nitrogens with two attached hydrogens (primary N) is 1. The van der Waals surface area contributed by atoms with Gasteiger partial charge in [0.1, 0.15) is 24.2 Å². The number of allylic oxidation sites excluding steroid dienone is 1. The minimum absolute atomic E-state index is 0.0179. The number of hydrogen-bond acceptors (Lipinski definition) is 6. The summed E-state index contributed by atoms with van der Waals surface area (Å²) in [7, 11) is 0. The lowest BCUT2D eigenvalue weighted by Gasteiger charge is -2.35. The van der Waals surface area contributed by atoms with Crippen molar-refractivity contribution in [2.45, 2.75) is 64.3 Å². The highest BCUT2D eigenvalue weighted by molar-refractivity contribution is 6.09. The smallest absolute Gasteiger partial charge is 0.270 e. The molecule has 4 rings (SSSR count). The Bertz CT molecular complexity index is 1040. The Balaban J connectivity index is 1.32. The summed E-state index contributed by atoms with van der Waals surface area (Å²) in [4.78, 5) is 33.8. The zero-order valence-electron chi connectivity index (χ0n) is 20.8. The normalized spacial score (nSPS) is 25.8. The fraction of sp³-hybridized carbons (Fsp3) is 0.577. The van der Waals surface area contributed by atoms with E-state index in [4.69, 9.17) is 15.2 Å². The average molecular weight is 505 g/mol. The molecule has 2 N–H and O–H groups in total. The van der Waals surface area contributed by atoms with E-state index in [1.54, 1.807) is 9.80 Å². The number of piperidine rings is 1. The minimum atomic E-state index is -0.610. The van der Waals surface area contributed by atoms with Crippen LogP contribution in [0, 0.1) is 11.6 Å². The Hall–Kier alpha value is -3.01. The number of benzene rings is 1. The largest absolute Gasteiger partial charge is 0.487 e. The summed E-state index contributed by atoms with van der Waals surface area (Å²) in [6.07, 6.45) is 2.83. The molecule has 2 saturated heterocycles. The molecule has 0 bridgehead atoms. The Morgan fingerprint density at radius 2 is 1.81 bits per heavy atom. The Morgan fingerprint density at radius 1 is 1.11 bits per heavy atom. The number of aliphatic imine (C=N–C) groups is 1. The molecule has 1 aliphatic carbocycles. The Morgan fingerprint density at radius 3 is 2.50 bits per heavy atom. The van der Waals surface area contributed by atoms with Gasteiger partial charge in [-0.05, 0) is 45.2 Å². The third kappa shape index (κ3) is 6.21. The van der Waals surface area contributed by atoms with Gasteiger partial charge in [-0.25, -0.2) is 8.78 Å². The number of morpholine rings is 1. The van der Waals surface area contributed by atoms with Gasteiger partial charge >= 0.3 is 0 Å². The number of carbonyl (C=O) groups excluding carboxylic acids is 2. The van der Waals surface area contributed by atoms with Crippen molar-refractivity contribution in [3.05, 3.63) is 41.1 Å². The molecule has 0 aromatic heterocycles. The van der Waals surface area contributed by atoms with Crippen molar-refractivity contribution in [1.82, 2.24) is 9.80 Å². The van der Waals surface area contributed by atoms with E-state index in [0.717, 1.165) is 35.9 Å². The second kappa shape index (κ2) is 11.4. The fourth-order valence-electron chi connectivity index (χ4n) is 5.07. The van der Waals surface area contributed by atoms with Crippen LogP contribution in [0.3, 0.4) is 0 Å². The van der Waals surface area contributed by atoms with Gasteiger partial charge in [0.25, 0.3) is 5.91 Å². The van der Waals surface area contributed by atoms with Crippen LogP contribution in [0.4, 0.5) is 8.78 Å². The second-order valence-corrected chi connectivity index (χ2v) is 9.75. The van der Waals surface area contributed by atoms with Gasteiger partial charge in [0.05, 0.1) is 12.2 Å². The van der Waals surface area contributed by atoms with Crippen molar-refractivity contribution >= 4 is 17.5 Å². The molecule has 3 aliphatic rings. The average Bonchev–Trinajstić information content (AvgIpc) is 3.32. The van der Waals surface area contributed by atoms with E-state index in [1.165, 1.54) is 0 Å². The number of ether oxygens (including phenoxy) is 2. The molecule has 2 amide bonds. The predicted octanol–water partition coefficient (Wildman–Crippen LogP) is 2.81. The first-order chi connectivity index (χ1) is 17.2. The summed E-state index contributed by atoms with van der Waals surface area (Å²) in [5.74, 6) is -1.61. The molecule has 3 fully saturated rings. The number of amides is 2. The lowest BCUT2D eigenvalue weighted by Crippen LogP contribution is -2.49. The van der Waals surface area contributed by atoms with Crippen molar-refractivity contribution in [1.29, 1.82) is 0 Å². The predicted molar refractivity (Wildman–Crippen MR) is 131 cm³/mol. The van der Waals surface area contributed by atoms with Crippen LogP contribution in [0.15, 0.2) is 34.5 Å². The van der Waals surface area contributed by atoms with Crippen molar-refractivity contribution in [2.24, 2.45) is 10.7 Å². The van der Waals surface area contributed by atoms with Crippen LogP contribution < -0.4 is 10.5 Å². The molecule has 196 valence electrons. The summed E-state index contributed by atoms with van der Waals surface area (Å²) in [5, 5.41) is 0. The molecule has 1 saturated carbocycles. The van der Waals surface area contributed by atoms with Crippen LogP contribution in [0.25, 0.3) is 0 Å². The third-order valence-electron chi connectivity index (χ3n) is 6.84. The quantitative estimate of drug-likeness (QED) is 0.622. The van der Waals surface area contributed by atoms with Crippen LogP contribution >= 0.6 is 0 Å². The van der Waals surface area contributed by atoms with Crippen LogP contribution in [0.5, 0.6) is 5.75 Å². The summed E-state index contributed by atoms with van der Waals surface area (Å²) in [5.41, 5.74) is 7.97. The summed E-state index contributed by atoms with van der Waals surface area (Å²) < 4.78 is 38.5. The van der Waals surface area contributed by atoms with Crippen LogP contribution in [0.2, 0.25) is 0 Å². The van der Waals surface area contributed by atoms with Gasteiger partial charge in [-0.1, -0.05) is 0 Å². The highest BCUT2D eigenvalue weighted by atomic mass is 19.1. The summed E-state index contributed by atoms with van der Waals surface area (Å²) in [6, 6.07) is 3.12. The molecule has 2 aliphatic heterocycles. The van der Waals surface area contributed by atoms with Gasteiger partial charge in [0.2, 0.25) is 5.91 Å². The van der Waals surface area contributed by atoms with Crippen LogP contribution in [-0.4, -0.2) is 78.4 Å². The number of rotatable bonds is 5. The molecule has 0 unspecified atom stereocenters. The van der Waals surface area contributed by atoms with Gasteiger partial charge in [-0.2, -0.15) is 0 Å². The van der Waals surface area contributed by atoms with Crippen LogP contribution in [0.1, 0.15) is 46.0 Å². The molecule has 36 heavy (non-hydrogen) atoms. The zero-order chi connectivity index (χ0) is 25.8. The Labute approximate surface area is 210 Å². The number of halogens is 2. The summed E-state index contributed by atoms with van der Waals surface area (Å²) >= 11 is 0. The monoisotopic (exact) mass is 504 g/mol. The number of nitrogens with zero attached hydrogens (tertiary/aromatic N) is 3. The third-order valence-corrected chi connectivity index (χ3v) is 6.84.